The maximum absolute atomic E-state index is 12.3. The SMILES string of the molecule is C=CCc1cc(/C=N/NC(=O)COc2cccc3cccnc23)cc(OC)c1OCc1cccc(C)c1. The molecule has 0 saturated heterocycles. The van der Waals surface area contributed by atoms with E-state index in [9.17, 15) is 4.79 Å². The van der Waals surface area contributed by atoms with Gasteiger partial charge in [0.05, 0.1) is 13.3 Å². The number of nitrogens with zero attached hydrogens (tertiary/aromatic N) is 2. The maximum Gasteiger partial charge on any atom is 0.277 e. The lowest BCUT2D eigenvalue weighted by atomic mass is 10.1. The molecule has 37 heavy (non-hydrogen) atoms. The number of nitrogens with one attached hydrogen (secondary N) is 1. The molecule has 0 aliphatic heterocycles. The normalized spacial score (nSPS) is 10.9. The number of ether oxygens (including phenoxy) is 3. The Morgan fingerprint density at radius 3 is 2.70 bits per heavy atom. The Labute approximate surface area is 216 Å². The summed E-state index contributed by atoms with van der Waals surface area (Å²) in [5, 5.41) is 5.02. The Kier molecular flexibility index (Phi) is 8.49. The summed E-state index contributed by atoms with van der Waals surface area (Å²) < 4.78 is 17.4. The van der Waals surface area contributed by atoms with E-state index in [-0.39, 0.29) is 12.5 Å². The summed E-state index contributed by atoms with van der Waals surface area (Å²) in [7, 11) is 1.59. The van der Waals surface area contributed by atoms with Crippen molar-refractivity contribution >= 4 is 23.0 Å². The minimum absolute atomic E-state index is 0.191. The molecule has 1 N–H and O–H groups in total. The zero-order valence-electron chi connectivity index (χ0n) is 20.9. The molecule has 3 aromatic carbocycles. The fourth-order valence-electron chi connectivity index (χ4n) is 3.89. The van der Waals surface area contributed by atoms with Gasteiger partial charge in [-0.2, -0.15) is 5.10 Å². The minimum atomic E-state index is -0.388. The molecule has 0 aliphatic carbocycles. The number of hydrogen-bond acceptors (Lipinski definition) is 6. The standard InChI is InChI=1S/C30H29N3O4/c1-4-8-25-16-23(17-27(35-3)30(25)37-19-22-10-5-9-21(2)15-22)18-32-33-28(34)20-36-26-13-6-11-24-12-7-14-31-29(24)26/h4-7,9-18H,1,8,19-20H2,2-3H3,(H,33,34)/b32-18+. The van der Waals surface area contributed by atoms with E-state index in [0.29, 0.717) is 35.8 Å². The second kappa shape index (κ2) is 12.4. The largest absolute Gasteiger partial charge is 0.493 e. The van der Waals surface area contributed by atoms with Crippen LogP contribution in [0.5, 0.6) is 17.2 Å². The monoisotopic (exact) mass is 495 g/mol. The predicted molar refractivity (Wildman–Crippen MR) is 145 cm³/mol. The smallest absolute Gasteiger partial charge is 0.277 e. The third-order valence-electron chi connectivity index (χ3n) is 5.56. The van der Waals surface area contributed by atoms with Crippen LogP contribution in [-0.4, -0.2) is 30.8 Å². The van der Waals surface area contributed by atoms with E-state index < -0.39 is 0 Å². The fraction of sp³-hybridized carbons (Fsp3) is 0.167. The van der Waals surface area contributed by atoms with Crippen LogP contribution in [0.1, 0.15) is 22.3 Å². The fourth-order valence-corrected chi connectivity index (χ4v) is 3.89. The summed E-state index contributed by atoms with van der Waals surface area (Å²) in [6.07, 6.45) is 5.63. The summed E-state index contributed by atoms with van der Waals surface area (Å²) in [5.41, 5.74) is 7.09. The highest BCUT2D eigenvalue weighted by molar-refractivity contribution is 5.86. The van der Waals surface area contributed by atoms with Crippen molar-refractivity contribution in [3.8, 4) is 17.2 Å². The van der Waals surface area contributed by atoms with Crippen molar-refractivity contribution in [2.75, 3.05) is 13.7 Å². The third-order valence-corrected chi connectivity index (χ3v) is 5.56. The van der Waals surface area contributed by atoms with Gasteiger partial charge >= 0.3 is 0 Å². The van der Waals surface area contributed by atoms with Crippen molar-refractivity contribution in [2.24, 2.45) is 5.10 Å². The highest BCUT2D eigenvalue weighted by Gasteiger charge is 2.13. The van der Waals surface area contributed by atoms with Gasteiger partial charge in [0.15, 0.2) is 18.1 Å². The van der Waals surface area contributed by atoms with Crippen LogP contribution in [0, 0.1) is 6.92 Å². The second-order valence-corrected chi connectivity index (χ2v) is 8.40. The molecule has 1 aromatic heterocycles. The average Bonchev–Trinajstić information content (AvgIpc) is 2.91. The van der Waals surface area contributed by atoms with Gasteiger partial charge in [-0.1, -0.05) is 54.1 Å². The molecule has 0 aliphatic rings. The lowest BCUT2D eigenvalue weighted by Crippen LogP contribution is -2.24. The topological polar surface area (TPSA) is 82.0 Å². The van der Waals surface area contributed by atoms with E-state index in [1.54, 1.807) is 31.7 Å². The van der Waals surface area contributed by atoms with Crippen LogP contribution in [0.3, 0.4) is 0 Å². The molecule has 0 atom stereocenters. The highest BCUT2D eigenvalue weighted by Crippen LogP contribution is 2.34. The van der Waals surface area contributed by atoms with Gasteiger partial charge in [0.2, 0.25) is 0 Å². The van der Waals surface area contributed by atoms with Gasteiger partial charge < -0.3 is 14.2 Å². The first-order valence-electron chi connectivity index (χ1n) is 11.9. The van der Waals surface area contributed by atoms with Gasteiger partial charge in [-0.15, -0.1) is 6.58 Å². The van der Waals surface area contributed by atoms with Crippen LogP contribution < -0.4 is 19.6 Å². The molecule has 0 radical (unpaired) electrons. The number of pyridine rings is 1. The Morgan fingerprint density at radius 1 is 1.05 bits per heavy atom. The number of hydrazone groups is 1. The quantitative estimate of drug-likeness (QED) is 0.171. The predicted octanol–water partition coefficient (Wildman–Crippen LogP) is 5.39. The number of allylic oxidation sites excluding steroid dienone is 1. The van der Waals surface area contributed by atoms with E-state index in [4.69, 9.17) is 14.2 Å². The molecule has 0 bridgehead atoms. The van der Waals surface area contributed by atoms with Gasteiger partial charge in [0, 0.05) is 17.1 Å². The lowest BCUT2D eigenvalue weighted by Gasteiger charge is -2.16. The first-order chi connectivity index (χ1) is 18.1. The van der Waals surface area contributed by atoms with Crippen LogP contribution in [0.2, 0.25) is 0 Å². The zero-order chi connectivity index (χ0) is 26.0. The van der Waals surface area contributed by atoms with E-state index >= 15 is 0 Å². The van der Waals surface area contributed by atoms with E-state index in [2.05, 4.69) is 28.2 Å². The third kappa shape index (κ3) is 6.73. The molecule has 0 spiro atoms. The van der Waals surface area contributed by atoms with E-state index in [0.717, 1.165) is 22.1 Å². The molecule has 0 fully saturated rings. The van der Waals surface area contributed by atoms with Crippen molar-refractivity contribution in [2.45, 2.75) is 20.0 Å². The molecule has 0 unspecified atom stereocenters. The molecule has 4 rings (SSSR count). The van der Waals surface area contributed by atoms with Gasteiger partial charge in [0.1, 0.15) is 17.9 Å². The summed E-state index contributed by atoms with van der Waals surface area (Å²) in [6, 6.07) is 21.3. The van der Waals surface area contributed by atoms with Gasteiger partial charge in [-0.3, -0.25) is 9.78 Å². The molecule has 4 aromatic rings. The molecule has 188 valence electrons. The molecule has 7 heteroatoms. The second-order valence-electron chi connectivity index (χ2n) is 8.40. The van der Waals surface area contributed by atoms with Gasteiger partial charge in [0.25, 0.3) is 5.91 Å². The summed E-state index contributed by atoms with van der Waals surface area (Å²) in [4.78, 5) is 16.6. The molecular formula is C30H29N3O4. The first-order valence-corrected chi connectivity index (χ1v) is 11.9. The van der Waals surface area contributed by atoms with E-state index in [1.165, 1.54) is 5.56 Å². The van der Waals surface area contributed by atoms with Crippen molar-refractivity contribution in [3.63, 3.8) is 0 Å². The molecule has 7 nitrogen and oxygen atoms in total. The Hall–Kier alpha value is -4.65. The number of aromatic nitrogens is 1. The zero-order valence-corrected chi connectivity index (χ0v) is 20.9. The van der Waals surface area contributed by atoms with Gasteiger partial charge in [-0.05, 0) is 48.7 Å². The summed E-state index contributed by atoms with van der Waals surface area (Å²) >= 11 is 0. The Balaban J connectivity index is 1.41. The van der Waals surface area contributed by atoms with Crippen LogP contribution in [0.25, 0.3) is 10.9 Å². The number of carbonyl (C=O) groups is 1. The van der Waals surface area contributed by atoms with Crippen LogP contribution in [-0.2, 0) is 17.8 Å². The number of carbonyl (C=O) groups excluding carboxylic acids is 1. The number of para-hydroxylation sites is 1. The number of amides is 1. The Morgan fingerprint density at radius 2 is 1.89 bits per heavy atom. The first kappa shape index (κ1) is 25.4. The summed E-state index contributed by atoms with van der Waals surface area (Å²) in [6.45, 7) is 6.13. The number of benzene rings is 3. The molecule has 1 heterocycles. The van der Waals surface area contributed by atoms with E-state index in [1.807, 2.05) is 61.5 Å². The average molecular weight is 496 g/mol. The van der Waals surface area contributed by atoms with Crippen molar-refractivity contribution in [1.29, 1.82) is 0 Å². The summed E-state index contributed by atoms with van der Waals surface area (Å²) in [5.74, 6) is 1.38. The number of methoxy groups -OCH3 is 1. The number of fused-ring (bicyclic) bond motifs is 1. The Bertz CT molecular complexity index is 1430. The van der Waals surface area contributed by atoms with Crippen molar-refractivity contribution in [3.05, 3.63) is 108 Å². The van der Waals surface area contributed by atoms with Crippen molar-refractivity contribution in [1.82, 2.24) is 10.4 Å². The molecule has 0 saturated carbocycles. The highest BCUT2D eigenvalue weighted by atomic mass is 16.5. The maximum atomic E-state index is 12.3. The van der Waals surface area contributed by atoms with Crippen LogP contribution in [0.15, 0.2) is 90.7 Å². The molecular weight excluding hydrogens is 466 g/mol. The number of rotatable bonds is 11. The van der Waals surface area contributed by atoms with Crippen LogP contribution >= 0.6 is 0 Å². The molecule has 1 amide bonds. The van der Waals surface area contributed by atoms with Crippen LogP contribution in [0.4, 0.5) is 0 Å². The van der Waals surface area contributed by atoms with Crippen molar-refractivity contribution < 1.29 is 19.0 Å². The minimum Gasteiger partial charge on any atom is -0.493 e. The number of aryl methyl sites for hydroxylation is 1. The van der Waals surface area contributed by atoms with Gasteiger partial charge in [-0.25, -0.2) is 5.43 Å². The lowest BCUT2D eigenvalue weighted by molar-refractivity contribution is -0.123. The number of hydrogen-bond donors (Lipinski definition) is 1.